The van der Waals surface area contributed by atoms with E-state index in [0.717, 1.165) is 31.2 Å². The third-order valence-corrected chi connectivity index (χ3v) is 7.56. The number of aryl methyl sites for hydroxylation is 1. The van der Waals surface area contributed by atoms with Crippen LogP contribution in [-0.4, -0.2) is 24.5 Å². The van der Waals surface area contributed by atoms with Gasteiger partial charge in [-0.1, -0.05) is 38.5 Å². The Labute approximate surface area is 147 Å². The molecule has 3 atom stereocenters. The van der Waals surface area contributed by atoms with Gasteiger partial charge in [0.2, 0.25) is 0 Å². The van der Waals surface area contributed by atoms with Crippen LogP contribution in [-0.2, 0) is 10.0 Å². The summed E-state index contributed by atoms with van der Waals surface area (Å²) in [5, 5.41) is 2.04. The second-order valence-electron chi connectivity index (χ2n) is 7.74. The molecule has 3 unspecified atom stereocenters. The van der Waals surface area contributed by atoms with E-state index < -0.39 is 10.0 Å². The summed E-state index contributed by atoms with van der Waals surface area (Å²) in [4.78, 5) is 3.27. The quantitative estimate of drug-likeness (QED) is 0.861. The van der Waals surface area contributed by atoms with Gasteiger partial charge in [-0.2, -0.15) is 0 Å². The van der Waals surface area contributed by atoms with Gasteiger partial charge in [0, 0.05) is 11.1 Å². The molecule has 0 amide bonds. The maximum atomic E-state index is 13.0. The smallest absolute Gasteiger partial charge is 0.219 e. The molecule has 0 bridgehead atoms. The van der Waals surface area contributed by atoms with Gasteiger partial charge in [-0.05, 0) is 64.5 Å². The van der Waals surface area contributed by atoms with Crippen molar-refractivity contribution < 1.29 is 8.42 Å². The minimum atomic E-state index is -3.59. The molecule has 1 saturated heterocycles. The van der Waals surface area contributed by atoms with E-state index in [1.165, 1.54) is 0 Å². The molecular formula is C19H32N2O2S. The Kier molecular flexibility index (Phi) is 5.48. The van der Waals surface area contributed by atoms with Crippen LogP contribution in [0.4, 0.5) is 0 Å². The lowest BCUT2D eigenvalue weighted by molar-refractivity contribution is -0.0996. The van der Waals surface area contributed by atoms with E-state index in [2.05, 4.69) is 39.4 Å². The molecule has 4 nitrogen and oxygen atoms in total. The van der Waals surface area contributed by atoms with Gasteiger partial charge < -0.3 is 0 Å². The van der Waals surface area contributed by atoms with Gasteiger partial charge in [-0.15, -0.1) is 4.83 Å². The highest BCUT2D eigenvalue weighted by Crippen LogP contribution is 2.44. The van der Waals surface area contributed by atoms with Crippen LogP contribution in [0.1, 0.15) is 65.9 Å². The maximum Gasteiger partial charge on any atom is 0.253 e. The van der Waals surface area contributed by atoms with E-state index in [9.17, 15) is 8.42 Å². The van der Waals surface area contributed by atoms with E-state index in [0.29, 0.717) is 10.8 Å². The van der Waals surface area contributed by atoms with Crippen molar-refractivity contribution in [1.82, 2.24) is 9.84 Å². The molecule has 1 fully saturated rings. The highest BCUT2D eigenvalue weighted by atomic mass is 32.2. The molecule has 1 heterocycles. The number of piperidine rings is 1. The molecule has 0 aliphatic carbocycles. The predicted molar refractivity (Wildman–Crippen MR) is 99.1 cm³/mol. The second-order valence-corrected chi connectivity index (χ2v) is 9.40. The molecule has 1 aromatic carbocycles. The first-order chi connectivity index (χ1) is 11.1. The van der Waals surface area contributed by atoms with Gasteiger partial charge in [0.05, 0.1) is 4.90 Å². The lowest BCUT2D eigenvalue weighted by Crippen LogP contribution is -2.69. The van der Waals surface area contributed by atoms with E-state index in [1.54, 1.807) is 12.1 Å². The first-order valence-corrected chi connectivity index (χ1v) is 10.5. The Morgan fingerprint density at radius 1 is 1.17 bits per heavy atom. The Morgan fingerprint density at radius 3 is 2.25 bits per heavy atom. The predicted octanol–water partition coefficient (Wildman–Crippen LogP) is 4.26. The average Bonchev–Trinajstić information content (AvgIpc) is 2.56. The lowest BCUT2D eigenvalue weighted by Gasteiger charge is -2.57. The Bertz CT molecular complexity index is 671. The van der Waals surface area contributed by atoms with Gasteiger partial charge in [-0.25, -0.2) is 13.4 Å². The summed E-state index contributed by atoms with van der Waals surface area (Å²) in [6, 6.07) is 7.03. The van der Waals surface area contributed by atoms with Crippen LogP contribution in [0.5, 0.6) is 0 Å². The normalized spacial score (nSPS) is 32.0. The Morgan fingerprint density at radius 2 is 1.75 bits per heavy atom. The molecule has 0 saturated carbocycles. The van der Waals surface area contributed by atoms with Gasteiger partial charge >= 0.3 is 0 Å². The van der Waals surface area contributed by atoms with Crippen molar-refractivity contribution in [3.05, 3.63) is 29.8 Å². The number of benzene rings is 1. The van der Waals surface area contributed by atoms with Gasteiger partial charge in [0.1, 0.15) is 0 Å². The van der Waals surface area contributed by atoms with Crippen LogP contribution in [0.3, 0.4) is 0 Å². The van der Waals surface area contributed by atoms with E-state index >= 15 is 0 Å². The SMILES string of the molecule is CCC1(C)CCC(C)C(C)(CC)N1NS(=O)(=O)c1ccc(C)cc1. The highest BCUT2D eigenvalue weighted by Gasteiger charge is 2.50. The average molecular weight is 353 g/mol. The summed E-state index contributed by atoms with van der Waals surface area (Å²) >= 11 is 0. The van der Waals surface area contributed by atoms with Crippen molar-refractivity contribution in [1.29, 1.82) is 0 Å². The molecular weight excluding hydrogens is 320 g/mol. The number of rotatable bonds is 5. The van der Waals surface area contributed by atoms with E-state index in [1.807, 2.05) is 24.1 Å². The van der Waals surface area contributed by atoms with Crippen molar-refractivity contribution in [2.75, 3.05) is 0 Å². The fourth-order valence-electron chi connectivity index (χ4n) is 3.73. The van der Waals surface area contributed by atoms with Crippen molar-refractivity contribution in [3.63, 3.8) is 0 Å². The van der Waals surface area contributed by atoms with Crippen LogP contribution in [0, 0.1) is 12.8 Å². The fourth-order valence-corrected chi connectivity index (χ4v) is 5.00. The van der Waals surface area contributed by atoms with Crippen molar-refractivity contribution in [2.45, 2.75) is 83.2 Å². The molecule has 2 rings (SSSR count). The van der Waals surface area contributed by atoms with Crippen LogP contribution in [0.25, 0.3) is 0 Å². The first kappa shape index (κ1) is 19.4. The molecule has 24 heavy (non-hydrogen) atoms. The number of sulfonamides is 1. The summed E-state index contributed by atoms with van der Waals surface area (Å²) in [7, 11) is -3.59. The minimum absolute atomic E-state index is 0.172. The second kappa shape index (κ2) is 6.77. The molecule has 136 valence electrons. The zero-order valence-corrected chi connectivity index (χ0v) is 16.7. The summed E-state index contributed by atoms with van der Waals surface area (Å²) < 4.78 is 25.9. The van der Waals surface area contributed by atoms with E-state index in [4.69, 9.17) is 0 Å². The molecule has 1 aliphatic heterocycles. The number of nitrogens with one attached hydrogen (secondary N) is 1. The van der Waals surface area contributed by atoms with Crippen molar-refractivity contribution in [3.8, 4) is 0 Å². The molecule has 5 heteroatoms. The standard InChI is InChI=1S/C19H32N2O2S/c1-7-18(5)14-13-16(4)19(6,8-2)21(18)20-24(22,23)17-11-9-15(3)10-12-17/h9-12,16,20H,7-8,13-14H2,1-6H3. The highest BCUT2D eigenvalue weighted by molar-refractivity contribution is 7.89. The first-order valence-electron chi connectivity index (χ1n) is 8.98. The number of nitrogens with zero attached hydrogens (tertiary/aromatic N) is 1. The van der Waals surface area contributed by atoms with Gasteiger partial charge in [-0.3, -0.25) is 0 Å². The molecule has 0 radical (unpaired) electrons. The van der Waals surface area contributed by atoms with Crippen LogP contribution in [0.15, 0.2) is 29.2 Å². The molecule has 1 N–H and O–H groups in total. The largest absolute Gasteiger partial charge is 0.253 e. The van der Waals surface area contributed by atoms with Crippen LogP contribution >= 0.6 is 0 Å². The summed E-state index contributed by atoms with van der Waals surface area (Å²) in [5.41, 5.74) is 0.688. The third kappa shape index (κ3) is 3.39. The summed E-state index contributed by atoms with van der Waals surface area (Å²) in [6.45, 7) is 12.8. The molecule has 1 aromatic rings. The fraction of sp³-hybridized carbons (Fsp3) is 0.684. The van der Waals surface area contributed by atoms with E-state index in [-0.39, 0.29) is 11.1 Å². The van der Waals surface area contributed by atoms with Crippen LogP contribution in [0.2, 0.25) is 0 Å². The monoisotopic (exact) mass is 352 g/mol. The number of hydrogen-bond donors (Lipinski definition) is 1. The zero-order chi connectivity index (χ0) is 18.2. The summed E-state index contributed by atoms with van der Waals surface area (Å²) in [5.74, 6) is 0.433. The minimum Gasteiger partial charge on any atom is -0.219 e. The van der Waals surface area contributed by atoms with Crippen LogP contribution < -0.4 is 4.83 Å². The van der Waals surface area contributed by atoms with Gasteiger partial charge in [0.25, 0.3) is 10.0 Å². The molecule has 1 aliphatic rings. The Hall–Kier alpha value is -0.910. The summed E-state index contributed by atoms with van der Waals surface area (Å²) in [6.07, 6.45) is 3.93. The molecule has 0 spiro atoms. The molecule has 0 aromatic heterocycles. The zero-order valence-electron chi connectivity index (χ0n) is 15.9. The van der Waals surface area contributed by atoms with Gasteiger partial charge in [0.15, 0.2) is 0 Å². The third-order valence-electron chi connectivity index (χ3n) is 6.25. The van der Waals surface area contributed by atoms with Crippen molar-refractivity contribution >= 4 is 10.0 Å². The Balaban J connectivity index is 2.43. The maximum absolute atomic E-state index is 13.0. The lowest BCUT2D eigenvalue weighted by atomic mass is 9.71. The van der Waals surface area contributed by atoms with Crippen molar-refractivity contribution in [2.24, 2.45) is 5.92 Å². The number of hydrazine groups is 1. The number of hydrogen-bond acceptors (Lipinski definition) is 3. The topological polar surface area (TPSA) is 49.4 Å².